The van der Waals surface area contributed by atoms with Gasteiger partial charge in [0.2, 0.25) is 0 Å². The smallest absolute Gasteiger partial charge is 0.0442 e. The molecule has 16 heavy (non-hydrogen) atoms. The molecule has 1 nitrogen and oxygen atoms in total. The Kier molecular flexibility index (Phi) is 3.61. The molecular formula is C14H15NS. The van der Waals surface area contributed by atoms with Crippen molar-refractivity contribution < 1.29 is 0 Å². The van der Waals surface area contributed by atoms with Crippen LogP contribution in [0.2, 0.25) is 0 Å². The first-order valence-electron chi connectivity index (χ1n) is 5.40. The van der Waals surface area contributed by atoms with E-state index in [1.54, 1.807) is 11.3 Å². The predicted octanol–water partition coefficient (Wildman–Crippen LogP) is 3.58. The second kappa shape index (κ2) is 5.16. The van der Waals surface area contributed by atoms with E-state index in [0.717, 1.165) is 6.42 Å². The molecule has 0 bridgehead atoms. The van der Waals surface area contributed by atoms with Crippen molar-refractivity contribution in [3.8, 4) is 11.8 Å². The van der Waals surface area contributed by atoms with E-state index in [9.17, 15) is 0 Å². The zero-order valence-corrected chi connectivity index (χ0v) is 10.4. The van der Waals surface area contributed by atoms with Crippen LogP contribution in [0.4, 0.5) is 0 Å². The molecule has 82 valence electrons. The maximum Gasteiger partial charge on any atom is 0.0442 e. The topological polar surface area (TPSA) is 12.0 Å². The summed E-state index contributed by atoms with van der Waals surface area (Å²) in [6.45, 7) is 1.89. The zero-order valence-electron chi connectivity index (χ0n) is 9.58. The molecule has 0 spiro atoms. The van der Waals surface area contributed by atoms with Crippen LogP contribution in [0.15, 0.2) is 29.6 Å². The summed E-state index contributed by atoms with van der Waals surface area (Å²) < 4.78 is 1.35. The highest BCUT2D eigenvalue weighted by molar-refractivity contribution is 7.17. The fourth-order valence-corrected chi connectivity index (χ4v) is 2.85. The second-order valence-electron chi connectivity index (χ2n) is 3.66. The van der Waals surface area contributed by atoms with Crippen LogP contribution in [-0.4, -0.2) is 7.05 Å². The highest BCUT2D eigenvalue weighted by Crippen LogP contribution is 2.31. The van der Waals surface area contributed by atoms with Crippen LogP contribution in [0.5, 0.6) is 0 Å². The number of nitrogens with one attached hydrogen (secondary N) is 1. The van der Waals surface area contributed by atoms with Crippen LogP contribution in [0.3, 0.4) is 0 Å². The fraction of sp³-hybridized carbons (Fsp3) is 0.286. The van der Waals surface area contributed by atoms with Gasteiger partial charge >= 0.3 is 0 Å². The van der Waals surface area contributed by atoms with E-state index in [1.165, 1.54) is 15.6 Å². The summed E-state index contributed by atoms with van der Waals surface area (Å²) >= 11 is 1.80. The van der Waals surface area contributed by atoms with Crippen molar-refractivity contribution in [2.24, 2.45) is 0 Å². The maximum absolute atomic E-state index is 3.34. The maximum atomic E-state index is 3.34. The van der Waals surface area contributed by atoms with E-state index in [-0.39, 0.29) is 0 Å². The molecule has 0 fully saturated rings. The van der Waals surface area contributed by atoms with Gasteiger partial charge in [-0.15, -0.1) is 23.2 Å². The van der Waals surface area contributed by atoms with Gasteiger partial charge in [0.25, 0.3) is 0 Å². The molecule has 0 aliphatic heterocycles. The normalized spacial score (nSPS) is 12.1. The van der Waals surface area contributed by atoms with Gasteiger partial charge in [-0.3, -0.25) is 0 Å². The van der Waals surface area contributed by atoms with Gasteiger partial charge in [0.1, 0.15) is 0 Å². The number of hydrogen-bond donors (Lipinski definition) is 1. The summed E-state index contributed by atoms with van der Waals surface area (Å²) in [7, 11) is 1.99. The first kappa shape index (κ1) is 11.2. The Bertz CT molecular complexity index is 530. The molecule has 1 aromatic carbocycles. The Balaban J connectivity index is 2.39. The van der Waals surface area contributed by atoms with Crippen LogP contribution < -0.4 is 5.32 Å². The minimum Gasteiger partial charge on any atom is -0.312 e. The minimum atomic E-state index is 0.337. The predicted molar refractivity (Wildman–Crippen MR) is 71.7 cm³/mol. The molecule has 0 amide bonds. The SMILES string of the molecule is CC#CCC(NC)c1csc2ccccc12. The summed E-state index contributed by atoms with van der Waals surface area (Å²) in [5.41, 5.74) is 1.37. The van der Waals surface area contributed by atoms with E-state index in [4.69, 9.17) is 0 Å². The summed E-state index contributed by atoms with van der Waals surface area (Å²) in [4.78, 5) is 0. The first-order chi connectivity index (χ1) is 7.86. The lowest BCUT2D eigenvalue weighted by Gasteiger charge is -2.12. The van der Waals surface area contributed by atoms with Gasteiger partial charge in [-0.2, -0.15) is 0 Å². The van der Waals surface area contributed by atoms with Crippen LogP contribution in [0, 0.1) is 11.8 Å². The van der Waals surface area contributed by atoms with Crippen molar-refractivity contribution >= 4 is 21.4 Å². The van der Waals surface area contributed by atoms with E-state index in [1.807, 2.05) is 14.0 Å². The average Bonchev–Trinajstić information content (AvgIpc) is 2.75. The van der Waals surface area contributed by atoms with Gasteiger partial charge in [0.15, 0.2) is 0 Å². The van der Waals surface area contributed by atoms with E-state index in [2.05, 4.69) is 46.8 Å². The van der Waals surface area contributed by atoms with Crippen molar-refractivity contribution in [2.75, 3.05) is 7.05 Å². The van der Waals surface area contributed by atoms with Crippen LogP contribution >= 0.6 is 11.3 Å². The lowest BCUT2D eigenvalue weighted by Crippen LogP contribution is -2.15. The van der Waals surface area contributed by atoms with Crippen LogP contribution in [0.1, 0.15) is 24.9 Å². The highest BCUT2D eigenvalue weighted by atomic mass is 32.1. The summed E-state index contributed by atoms with van der Waals surface area (Å²) in [5, 5.41) is 6.93. The van der Waals surface area contributed by atoms with Crippen molar-refractivity contribution in [1.82, 2.24) is 5.32 Å². The van der Waals surface area contributed by atoms with Crippen molar-refractivity contribution in [3.63, 3.8) is 0 Å². The molecule has 1 aromatic heterocycles. The van der Waals surface area contributed by atoms with Crippen molar-refractivity contribution in [1.29, 1.82) is 0 Å². The Morgan fingerprint density at radius 3 is 2.94 bits per heavy atom. The van der Waals surface area contributed by atoms with Crippen LogP contribution in [0.25, 0.3) is 10.1 Å². The van der Waals surface area contributed by atoms with Gasteiger partial charge in [0, 0.05) is 17.2 Å². The summed E-state index contributed by atoms with van der Waals surface area (Å²) in [5.74, 6) is 6.10. The Morgan fingerprint density at radius 2 is 2.19 bits per heavy atom. The quantitative estimate of drug-likeness (QED) is 0.793. The third kappa shape index (κ3) is 2.11. The molecule has 1 heterocycles. The lowest BCUT2D eigenvalue weighted by atomic mass is 10.0. The number of hydrogen-bond acceptors (Lipinski definition) is 2. The molecule has 0 aliphatic carbocycles. The Hall–Kier alpha value is -1.30. The fourth-order valence-electron chi connectivity index (χ4n) is 1.84. The minimum absolute atomic E-state index is 0.337. The first-order valence-corrected chi connectivity index (χ1v) is 6.27. The number of thiophene rings is 1. The molecule has 0 aliphatic rings. The number of rotatable bonds is 3. The third-order valence-electron chi connectivity index (χ3n) is 2.72. The molecule has 2 aromatic rings. The van der Waals surface area contributed by atoms with Crippen molar-refractivity contribution in [2.45, 2.75) is 19.4 Å². The number of fused-ring (bicyclic) bond motifs is 1. The molecular weight excluding hydrogens is 214 g/mol. The molecule has 1 unspecified atom stereocenters. The van der Waals surface area contributed by atoms with Gasteiger partial charge in [-0.1, -0.05) is 18.2 Å². The molecule has 0 saturated carbocycles. The Morgan fingerprint density at radius 1 is 1.38 bits per heavy atom. The van der Waals surface area contributed by atoms with Gasteiger partial charge in [0.05, 0.1) is 0 Å². The summed E-state index contributed by atoms with van der Waals surface area (Å²) in [6.07, 6.45) is 0.869. The highest BCUT2D eigenvalue weighted by Gasteiger charge is 2.12. The molecule has 2 rings (SSSR count). The van der Waals surface area contributed by atoms with Crippen molar-refractivity contribution in [3.05, 3.63) is 35.2 Å². The summed E-state index contributed by atoms with van der Waals surface area (Å²) in [6, 6.07) is 8.87. The largest absolute Gasteiger partial charge is 0.312 e. The lowest BCUT2D eigenvalue weighted by molar-refractivity contribution is 0.617. The van der Waals surface area contributed by atoms with E-state index >= 15 is 0 Å². The molecule has 1 atom stereocenters. The van der Waals surface area contributed by atoms with E-state index in [0.29, 0.717) is 6.04 Å². The van der Waals surface area contributed by atoms with E-state index < -0.39 is 0 Å². The monoisotopic (exact) mass is 229 g/mol. The van der Waals surface area contributed by atoms with Gasteiger partial charge < -0.3 is 5.32 Å². The molecule has 0 saturated heterocycles. The van der Waals surface area contributed by atoms with Crippen LogP contribution in [-0.2, 0) is 0 Å². The molecule has 1 N–H and O–H groups in total. The van der Waals surface area contributed by atoms with Gasteiger partial charge in [-0.25, -0.2) is 0 Å². The third-order valence-corrected chi connectivity index (χ3v) is 3.70. The van der Waals surface area contributed by atoms with Gasteiger partial charge in [-0.05, 0) is 36.4 Å². The standard InChI is InChI=1S/C14H15NS/c1-3-4-8-13(15-2)12-10-16-14-9-6-5-7-11(12)14/h5-7,9-10,13,15H,8H2,1-2H3. The second-order valence-corrected chi connectivity index (χ2v) is 4.57. The average molecular weight is 229 g/mol. The number of benzene rings is 1. The zero-order chi connectivity index (χ0) is 11.4. The molecule has 2 heteroatoms. The molecule has 0 radical (unpaired) electrons. The Labute approximate surface area is 100 Å².